The van der Waals surface area contributed by atoms with Gasteiger partial charge in [-0.05, 0) is 11.6 Å². The molecule has 0 aliphatic rings. The lowest BCUT2D eigenvalue weighted by Crippen LogP contribution is -2.30. The lowest BCUT2D eigenvalue weighted by molar-refractivity contribution is 0.0949. The van der Waals surface area contributed by atoms with Gasteiger partial charge in [-0.2, -0.15) is 0 Å². The third kappa shape index (κ3) is 2.15. The van der Waals surface area contributed by atoms with Crippen LogP contribution in [0.5, 0.6) is 0 Å². The number of hydrogen-bond acceptors (Lipinski definition) is 4. The first-order valence-electron chi connectivity index (χ1n) is 5.60. The van der Waals surface area contributed by atoms with E-state index in [1.807, 2.05) is 6.07 Å². The van der Waals surface area contributed by atoms with Gasteiger partial charge in [0.25, 0.3) is 11.5 Å². The standard InChI is InChI=1S/C12H10N4O2S/c17-10(14-6-8-1-2-13-5-8)9-7-15-12-16(11(9)18)3-4-19-12/h1-5,7,13H,6H2,(H,14,17). The van der Waals surface area contributed by atoms with Crippen molar-refractivity contribution in [3.05, 3.63) is 57.7 Å². The zero-order chi connectivity index (χ0) is 13.2. The van der Waals surface area contributed by atoms with Crippen molar-refractivity contribution in [3.8, 4) is 0 Å². The summed E-state index contributed by atoms with van der Waals surface area (Å²) in [4.78, 5) is 31.6. The molecule has 3 rings (SSSR count). The summed E-state index contributed by atoms with van der Waals surface area (Å²) in [7, 11) is 0. The second kappa shape index (κ2) is 4.69. The topological polar surface area (TPSA) is 79.3 Å². The van der Waals surface area contributed by atoms with Gasteiger partial charge in [-0.1, -0.05) is 0 Å². The van der Waals surface area contributed by atoms with Crippen molar-refractivity contribution >= 4 is 22.2 Å². The van der Waals surface area contributed by atoms with Gasteiger partial charge >= 0.3 is 0 Å². The monoisotopic (exact) mass is 274 g/mol. The largest absolute Gasteiger partial charge is 0.367 e. The van der Waals surface area contributed by atoms with E-state index in [1.54, 1.807) is 24.0 Å². The first-order chi connectivity index (χ1) is 9.25. The predicted octanol–water partition coefficient (Wildman–Crippen LogP) is 1.01. The Morgan fingerprint density at radius 3 is 3.21 bits per heavy atom. The molecule has 0 aromatic carbocycles. The second-order valence-electron chi connectivity index (χ2n) is 3.93. The second-order valence-corrected chi connectivity index (χ2v) is 4.81. The molecule has 0 saturated heterocycles. The van der Waals surface area contributed by atoms with Crippen LogP contribution in [0.15, 0.2) is 41.0 Å². The van der Waals surface area contributed by atoms with Crippen molar-refractivity contribution in [2.45, 2.75) is 6.54 Å². The van der Waals surface area contributed by atoms with Crippen LogP contribution in [0.25, 0.3) is 4.96 Å². The van der Waals surface area contributed by atoms with E-state index in [0.29, 0.717) is 11.5 Å². The van der Waals surface area contributed by atoms with Gasteiger partial charge in [0.15, 0.2) is 4.96 Å². The fourth-order valence-corrected chi connectivity index (χ4v) is 2.40. The molecular weight excluding hydrogens is 264 g/mol. The molecule has 96 valence electrons. The summed E-state index contributed by atoms with van der Waals surface area (Å²) >= 11 is 1.35. The Kier molecular flexibility index (Phi) is 2.88. The van der Waals surface area contributed by atoms with Crippen LogP contribution in [-0.4, -0.2) is 20.3 Å². The maximum absolute atomic E-state index is 12.1. The molecule has 6 nitrogen and oxygen atoms in total. The van der Waals surface area contributed by atoms with Crippen molar-refractivity contribution in [2.75, 3.05) is 0 Å². The quantitative estimate of drug-likeness (QED) is 0.748. The number of thiazole rings is 1. The van der Waals surface area contributed by atoms with E-state index in [1.165, 1.54) is 21.9 Å². The van der Waals surface area contributed by atoms with Crippen molar-refractivity contribution in [3.63, 3.8) is 0 Å². The molecule has 0 fully saturated rings. The van der Waals surface area contributed by atoms with Gasteiger partial charge in [-0.25, -0.2) is 4.98 Å². The highest BCUT2D eigenvalue weighted by molar-refractivity contribution is 7.15. The normalized spacial score (nSPS) is 10.7. The Morgan fingerprint density at radius 1 is 1.53 bits per heavy atom. The lowest BCUT2D eigenvalue weighted by atomic mass is 10.3. The van der Waals surface area contributed by atoms with E-state index in [4.69, 9.17) is 0 Å². The van der Waals surface area contributed by atoms with Crippen LogP contribution in [0.4, 0.5) is 0 Å². The number of carbonyl (C=O) groups excluding carboxylic acids is 1. The van der Waals surface area contributed by atoms with Crippen LogP contribution in [0.2, 0.25) is 0 Å². The molecule has 3 aromatic heterocycles. The maximum Gasteiger partial charge on any atom is 0.271 e. The summed E-state index contributed by atoms with van der Waals surface area (Å²) in [6.45, 7) is 0.369. The van der Waals surface area contributed by atoms with Gasteiger partial charge in [-0.15, -0.1) is 11.3 Å². The molecule has 19 heavy (non-hydrogen) atoms. The van der Waals surface area contributed by atoms with Gasteiger partial charge in [0.1, 0.15) is 5.56 Å². The Morgan fingerprint density at radius 2 is 2.42 bits per heavy atom. The summed E-state index contributed by atoms with van der Waals surface area (Å²) in [6, 6.07) is 1.85. The zero-order valence-corrected chi connectivity index (χ0v) is 10.6. The lowest BCUT2D eigenvalue weighted by Gasteiger charge is -2.03. The Balaban J connectivity index is 1.85. The highest BCUT2D eigenvalue weighted by Gasteiger charge is 2.13. The van der Waals surface area contributed by atoms with Crippen LogP contribution < -0.4 is 10.9 Å². The third-order valence-electron chi connectivity index (χ3n) is 2.70. The number of rotatable bonds is 3. The molecular formula is C12H10N4O2S. The van der Waals surface area contributed by atoms with Gasteiger partial charge in [0, 0.05) is 36.7 Å². The number of nitrogens with zero attached hydrogens (tertiary/aromatic N) is 2. The number of aromatic nitrogens is 3. The van der Waals surface area contributed by atoms with Gasteiger partial charge in [0.05, 0.1) is 0 Å². The Hall–Kier alpha value is -2.41. The maximum atomic E-state index is 12.1. The van der Waals surface area contributed by atoms with Crippen LogP contribution in [-0.2, 0) is 6.54 Å². The zero-order valence-electron chi connectivity index (χ0n) is 9.79. The minimum atomic E-state index is -0.417. The molecule has 0 atom stereocenters. The number of aromatic amines is 1. The number of fused-ring (bicyclic) bond motifs is 1. The molecule has 7 heteroatoms. The van der Waals surface area contributed by atoms with E-state index in [-0.39, 0.29) is 11.1 Å². The molecule has 3 heterocycles. The fourth-order valence-electron chi connectivity index (χ4n) is 1.73. The predicted molar refractivity (Wildman–Crippen MR) is 71.3 cm³/mol. The van der Waals surface area contributed by atoms with E-state index in [9.17, 15) is 9.59 Å². The summed E-state index contributed by atoms with van der Waals surface area (Å²) in [6.07, 6.45) is 6.49. The van der Waals surface area contributed by atoms with Crippen LogP contribution in [0.1, 0.15) is 15.9 Å². The highest BCUT2D eigenvalue weighted by atomic mass is 32.1. The van der Waals surface area contributed by atoms with Crippen molar-refractivity contribution in [2.24, 2.45) is 0 Å². The number of amides is 1. The molecule has 0 bridgehead atoms. The van der Waals surface area contributed by atoms with E-state index < -0.39 is 5.91 Å². The summed E-state index contributed by atoms with van der Waals surface area (Å²) < 4.78 is 1.37. The SMILES string of the molecule is O=C(NCc1cc[nH]c1)c1cnc2sccn2c1=O. The molecule has 0 spiro atoms. The number of nitrogens with one attached hydrogen (secondary N) is 2. The van der Waals surface area contributed by atoms with E-state index in [0.717, 1.165) is 5.56 Å². The first kappa shape index (κ1) is 11.7. The van der Waals surface area contributed by atoms with Gasteiger partial charge in [-0.3, -0.25) is 14.0 Å². The average molecular weight is 274 g/mol. The Bertz CT molecular complexity index is 772. The molecule has 0 unspecified atom stereocenters. The minimum absolute atomic E-state index is 0.0476. The molecule has 0 saturated carbocycles. The van der Waals surface area contributed by atoms with E-state index in [2.05, 4.69) is 15.3 Å². The molecule has 3 aromatic rings. The van der Waals surface area contributed by atoms with Crippen LogP contribution in [0, 0.1) is 0 Å². The van der Waals surface area contributed by atoms with Crippen LogP contribution in [0.3, 0.4) is 0 Å². The van der Waals surface area contributed by atoms with Crippen molar-refractivity contribution in [1.82, 2.24) is 19.7 Å². The van der Waals surface area contributed by atoms with Crippen molar-refractivity contribution < 1.29 is 4.79 Å². The van der Waals surface area contributed by atoms with Gasteiger partial charge < -0.3 is 10.3 Å². The third-order valence-corrected chi connectivity index (χ3v) is 3.47. The van der Waals surface area contributed by atoms with E-state index >= 15 is 0 Å². The smallest absolute Gasteiger partial charge is 0.271 e. The van der Waals surface area contributed by atoms with Crippen molar-refractivity contribution in [1.29, 1.82) is 0 Å². The molecule has 0 radical (unpaired) electrons. The first-order valence-corrected chi connectivity index (χ1v) is 6.48. The number of H-pyrrole nitrogens is 1. The average Bonchev–Trinajstić information content (AvgIpc) is 3.07. The fraction of sp³-hybridized carbons (Fsp3) is 0.0833. The highest BCUT2D eigenvalue weighted by Crippen LogP contribution is 2.05. The van der Waals surface area contributed by atoms with Crippen LogP contribution >= 0.6 is 11.3 Å². The molecule has 0 aliphatic carbocycles. The summed E-state index contributed by atoms with van der Waals surface area (Å²) in [5.41, 5.74) is 0.641. The molecule has 2 N–H and O–H groups in total. The minimum Gasteiger partial charge on any atom is -0.367 e. The van der Waals surface area contributed by atoms with Gasteiger partial charge in [0.2, 0.25) is 0 Å². The number of carbonyl (C=O) groups is 1. The molecule has 0 aliphatic heterocycles. The summed E-state index contributed by atoms with van der Waals surface area (Å²) in [5, 5.41) is 4.45. The summed E-state index contributed by atoms with van der Waals surface area (Å²) in [5.74, 6) is -0.417. The molecule has 1 amide bonds. The Labute approximate surface area is 111 Å². The number of hydrogen-bond donors (Lipinski definition) is 2.